The fourth-order valence-corrected chi connectivity index (χ4v) is 3.70. The van der Waals surface area contributed by atoms with Crippen molar-refractivity contribution < 1.29 is 4.79 Å². The maximum Gasteiger partial charge on any atom is 0.220 e. The van der Waals surface area contributed by atoms with E-state index in [2.05, 4.69) is 25.5 Å². The second-order valence-electron chi connectivity index (χ2n) is 7.54. The van der Waals surface area contributed by atoms with Crippen LogP contribution in [0.5, 0.6) is 0 Å². The number of aromatic nitrogens is 6. The van der Waals surface area contributed by atoms with Crippen molar-refractivity contribution >= 4 is 11.6 Å². The summed E-state index contributed by atoms with van der Waals surface area (Å²) in [6, 6.07) is 9.80. The number of hydrogen-bond donors (Lipinski definition) is 1. The maximum atomic E-state index is 12.6. The van der Waals surface area contributed by atoms with E-state index >= 15 is 0 Å². The van der Waals surface area contributed by atoms with Crippen molar-refractivity contribution in [1.29, 1.82) is 0 Å². The zero-order valence-corrected chi connectivity index (χ0v) is 17.6. The van der Waals surface area contributed by atoms with E-state index in [0.29, 0.717) is 12.8 Å². The van der Waals surface area contributed by atoms with Crippen LogP contribution in [0.15, 0.2) is 43.0 Å². The Hall–Kier alpha value is -3.55. The highest BCUT2D eigenvalue weighted by Crippen LogP contribution is 2.18. The van der Waals surface area contributed by atoms with Crippen LogP contribution in [0.3, 0.4) is 0 Å². The van der Waals surface area contributed by atoms with Crippen molar-refractivity contribution in [2.45, 2.75) is 46.6 Å². The maximum absolute atomic E-state index is 12.6. The number of nitrogens with zero attached hydrogens (tertiary/aromatic N) is 6. The quantitative estimate of drug-likeness (QED) is 0.534. The second kappa shape index (κ2) is 8.06. The van der Waals surface area contributed by atoms with Gasteiger partial charge in [0.2, 0.25) is 5.91 Å². The highest BCUT2D eigenvalue weighted by molar-refractivity contribution is 5.76. The van der Waals surface area contributed by atoms with E-state index < -0.39 is 0 Å². The van der Waals surface area contributed by atoms with Gasteiger partial charge in [0.1, 0.15) is 12.7 Å². The van der Waals surface area contributed by atoms with E-state index in [1.807, 2.05) is 62.5 Å². The van der Waals surface area contributed by atoms with Crippen molar-refractivity contribution in [3.8, 4) is 5.69 Å². The van der Waals surface area contributed by atoms with Crippen LogP contribution < -0.4 is 5.32 Å². The summed E-state index contributed by atoms with van der Waals surface area (Å²) in [6.07, 6.45) is 4.18. The standard InChI is InChI=1S/C22H25N7O/c1-14-11-21-25-16(3)20(17(4)29(21)27-14)9-10-22(30)26-15(2)18-5-7-19(8-6-18)28-13-23-12-24-28/h5-8,11-13,15H,9-10H2,1-4H3,(H,26,30). The number of rotatable bonds is 6. The first-order valence-electron chi connectivity index (χ1n) is 9.99. The van der Waals surface area contributed by atoms with Crippen LogP contribution in [0.2, 0.25) is 0 Å². The van der Waals surface area contributed by atoms with Gasteiger partial charge in [0.05, 0.1) is 17.4 Å². The molecule has 0 saturated carbocycles. The van der Waals surface area contributed by atoms with Crippen molar-refractivity contribution in [2.75, 3.05) is 0 Å². The lowest BCUT2D eigenvalue weighted by Crippen LogP contribution is -2.27. The third-order valence-corrected chi connectivity index (χ3v) is 5.34. The molecule has 4 rings (SSSR count). The predicted octanol–water partition coefficient (Wildman–Crippen LogP) is 3.05. The summed E-state index contributed by atoms with van der Waals surface area (Å²) in [4.78, 5) is 21.2. The van der Waals surface area contributed by atoms with Gasteiger partial charge in [-0.05, 0) is 57.4 Å². The normalized spacial score (nSPS) is 12.3. The molecule has 8 heteroatoms. The average molecular weight is 403 g/mol. The number of hydrogen-bond acceptors (Lipinski definition) is 5. The minimum atomic E-state index is -0.0844. The fourth-order valence-electron chi connectivity index (χ4n) is 3.70. The monoisotopic (exact) mass is 403 g/mol. The zero-order chi connectivity index (χ0) is 21.3. The number of fused-ring (bicyclic) bond motifs is 1. The van der Waals surface area contributed by atoms with Gasteiger partial charge >= 0.3 is 0 Å². The third kappa shape index (κ3) is 3.94. The molecule has 0 saturated heterocycles. The molecule has 0 radical (unpaired) electrons. The van der Waals surface area contributed by atoms with Crippen molar-refractivity contribution in [3.63, 3.8) is 0 Å². The van der Waals surface area contributed by atoms with Crippen molar-refractivity contribution in [1.82, 2.24) is 34.7 Å². The summed E-state index contributed by atoms with van der Waals surface area (Å²) < 4.78 is 3.55. The molecule has 1 unspecified atom stereocenters. The van der Waals surface area contributed by atoms with Crippen LogP contribution in [0.25, 0.3) is 11.3 Å². The van der Waals surface area contributed by atoms with Crippen LogP contribution in [-0.2, 0) is 11.2 Å². The highest BCUT2D eigenvalue weighted by Gasteiger charge is 2.14. The molecule has 4 aromatic rings. The first kappa shape index (κ1) is 19.8. The molecule has 8 nitrogen and oxygen atoms in total. The molecule has 0 aliphatic rings. The molecular weight excluding hydrogens is 378 g/mol. The Kier molecular flexibility index (Phi) is 5.31. The van der Waals surface area contributed by atoms with Gasteiger partial charge in [-0.3, -0.25) is 4.79 Å². The average Bonchev–Trinajstić information content (AvgIpc) is 3.37. The Morgan fingerprint density at radius 1 is 1.17 bits per heavy atom. The predicted molar refractivity (Wildman–Crippen MR) is 113 cm³/mol. The first-order chi connectivity index (χ1) is 14.4. The topological polar surface area (TPSA) is 90.0 Å². The lowest BCUT2D eigenvalue weighted by Gasteiger charge is -2.16. The van der Waals surface area contributed by atoms with E-state index in [0.717, 1.165) is 39.5 Å². The molecule has 1 atom stereocenters. The molecule has 30 heavy (non-hydrogen) atoms. The van der Waals surface area contributed by atoms with Gasteiger partial charge < -0.3 is 5.32 Å². The zero-order valence-electron chi connectivity index (χ0n) is 17.6. The van der Waals surface area contributed by atoms with Crippen LogP contribution in [0.4, 0.5) is 0 Å². The molecule has 3 aromatic heterocycles. The SMILES string of the molecule is Cc1cc2nc(C)c(CCC(=O)NC(C)c3ccc(-n4cncn4)cc3)c(C)n2n1. The minimum absolute atomic E-state index is 0.0124. The number of carbonyl (C=O) groups is 1. The molecule has 0 spiro atoms. The van der Waals surface area contributed by atoms with E-state index in [1.165, 1.54) is 6.33 Å². The Morgan fingerprint density at radius 3 is 2.63 bits per heavy atom. The lowest BCUT2D eigenvalue weighted by molar-refractivity contribution is -0.121. The molecular formula is C22H25N7O. The molecule has 0 aliphatic heterocycles. The van der Waals surface area contributed by atoms with Crippen LogP contribution in [0, 0.1) is 20.8 Å². The summed E-state index contributed by atoms with van der Waals surface area (Å²) in [5, 5.41) is 11.7. The van der Waals surface area contributed by atoms with Crippen molar-refractivity contribution in [2.24, 2.45) is 0 Å². The second-order valence-corrected chi connectivity index (χ2v) is 7.54. The number of benzene rings is 1. The molecule has 0 aliphatic carbocycles. The number of amides is 1. The summed E-state index contributed by atoms with van der Waals surface area (Å²) >= 11 is 0. The van der Waals surface area contributed by atoms with E-state index in [4.69, 9.17) is 0 Å². The third-order valence-electron chi connectivity index (χ3n) is 5.34. The number of nitrogens with one attached hydrogen (secondary N) is 1. The molecule has 3 heterocycles. The Morgan fingerprint density at radius 2 is 1.93 bits per heavy atom. The van der Waals surface area contributed by atoms with E-state index in [9.17, 15) is 4.79 Å². The summed E-state index contributed by atoms with van der Waals surface area (Å²) in [5.74, 6) is 0.0124. The minimum Gasteiger partial charge on any atom is -0.350 e. The summed E-state index contributed by atoms with van der Waals surface area (Å²) in [5.41, 5.74) is 6.81. The smallest absolute Gasteiger partial charge is 0.220 e. The van der Waals surface area contributed by atoms with Gasteiger partial charge in [0.25, 0.3) is 0 Å². The number of carbonyl (C=O) groups excluding carboxylic acids is 1. The van der Waals surface area contributed by atoms with Crippen LogP contribution in [-0.4, -0.2) is 35.3 Å². The Labute approximate surface area is 175 Å². The molecule has 0 fully saturated rings. The van der Waals surface area contributed by atoms with Gasteiger partial charge in [0.15, 0.2) is 5.65 Å². The molecule has 1 amide bonds. The molecule has 154 valence electrons. The van der Waals surface area contributed by atoms with Gasteiger partial charge in [0, 0.05) is 23.9 Å². The van der Waals surface area contributed by atoms with Gasteiger partial charge in [-0.25, -0.2) is 19.2 Å². The van der Waals surface area contributed by atoms with Gasteiger partial charge in [-0.1, -0.05) is 12.1 Å². The Bertz CT molecular complexity index is 1180. The van der Waals surface area contributed by atoms with Crippen LogP contribution in [0.1, 0.15) is 47.6 Å². The Balaban J connectivity index is 1.39. The van der Waals surface area contributed by atoms with Crippen LogP contribution >= 0.6 is 0 Å². The van der Waals surface area contributed by atoms with E-state index in [1.54, 1.807) is 11.0 Å². The van der Waals surface area contributed by atoms with Crippen molar-refractivity contribution in [3.05, 3.63) is 71.2 Å². The molecule has 0 bridgehead atoms. The summed E-state index contributed by atoms with van der Waals surface area (Å²) in [6.45, 7) is 7.96. The molecule has 1 aromatic carbocycles. The molecule has 1 N–H and O–H groups in total. The van der Waals surface area contributed by atoms with Gasteiger partial charge in [-0.2, -0.15) is 10.2 Å². The fraction of sp³-hybridized carbons (Fsp3) is 0.318. The summed E-state index contributed by atoms with van der Waals surface area (Å²) in [7, 11) is 0. The largest absolute Gasteiger partial charge is 0.350 e. The first-order valence-corrected chi connectivity index (χ1v) is 9.99. The van der Waals surface area contributed by atoms with Gasteiger partial charge in [-0.15, -0.1) is 0 Å². The number of aryl methyl sites for hydroxylation is 3. The highest BCUT2D eigenvalue weighted by atomic mass is 16.1. The lowest BCUT2D eigenvalue weighted by atomic mass is 10.0. The van der Waals surface area contributed by atoms with E-state index in [-0.39, 0.29) is 11.9 Å².